The minimum absolute atomic E-state index is 0.107. The first kappa shape index (κ1) is 20.2. The molecule has 146 valence electrons. The second-order valence-corrected chi connectivity index (χ2v) is 6.99. The topological polar surface area (TPSA) is 66.4 Å². The summed E-state index contributed by atoms with van der Waals surface area (Å²) >= 11 is 11.8. The molecular weight excluding hydrogens is 406 g/mol. The van der Waals surface area contributed by atoms with Gasteiger partial charge >= 0.3 is 0 Å². The lowest BCUT2D eigenvalue weighted by atomic mass is 9.99. The fourth-order valence-electron chi connectivity index (χ4n) is 3.20. The Kier molecular flexibility index (Phi) is 6.26. The molecule has 0 bridgehead atoms. The van der Waals surface area contributed by atoms with E-state index in [1.807, 2.05) is 0 Å². The predicted molar refractivity (Wildman–Crippen MR) is 104 cm³/mol. The SMILES string of the molecule is CC(=O)N1CCN(C(=O)/C=C\Cl)C[C@H]1c1cc(Cl)cc(-c2ncc(F)cn2)c1. The van der Waals surface area contributed by atoms with Gasteiger partial charge in [-0.25, -0.2) is 14.4 Å². The molecule has 1 aliphatic rings. The Hall–Kier alpha value is -2.51. The maximum Gasteiger partial charge on any atom is 0.247 e. The number of halogens is 3. The van der Waals surface area contributed by atoms with E-state index >= 15 is 0 Å². The maximum atomic E-state index is 13.1. The second-order valence-electron chi connectivity index (χ2n) is 6.30. The van der Waals surface area contributed by atoms with Crippen LogP contribution in [-0.4, -0.2) is 51.2 Å². The fourth-order valence-corrected chi connectivity index (χ4v) is 3.55. The average Bonchev–Trinajstić information content (AvgIpc) is 2.67. The van der Waals surface area contributed by atoms with Crippen molar-refractivity contribution in [2.45, 2.75) is 13.0 Å². The monoisotopic (exact) mass is 422 g/mol. The van der Waals surface area contributed by atoms with Gasteiger partial charge in [-0.3, -0.25) is 9.59 Å². The van der Waals surface area contributed by atoms with Crippen LogP contribution in [0.25, 0.3) is 11.4 Å². The molecule has 1 aromatic heterocycles. The molecule has 1 aromatic carbocycles. The van der Waals surface area contributed by atoms with Crippen molar-refractivity contribution >= 4 is 35.0 Å². The van der Waals surface area contributed by atoms with Gasteiger partial charge in [0.1, 0.15) is 0 Å². The Morgan fingerprint density at radius 1 is 1.21 bits per heavy atom. The number of nitrogens with zero attached hydrogens (tertiary/aromatic N) is 4. The van der Waals surface area contributed by atoms with E-state index in [4.69, 9.17) is 23.2 Å². The molecule has 0 N–H and O–H groups in total. The van der Waals surface area contributed by atoms with Crippen molar-refractivity contribution in [2.24, 2.45) is 0 Å². The van der Waals surface area contributed by atoms with Crippen LogP contribution in [0.2, 0.25) is 5.02 Å². The average molecular weight is 423 g/mol. The van der Waals surface area contributed by atoms with E-state index in [0.717, 1.165) is 23.5 Å². The Balaban J connectivity index is 1.98. The van der Waals surface area contributed by atoms with Crippen LogP contribution >= 0.6 is 23.2 Å². The summed E-state index contributed by atoms with van der Waals surface area (Å²) in [5, 5.41) is 0.424. The van der Waals surface area contributed by atoms with Gasteiger partial charge in [0.15, 0.2) is 11.6 Å². The van der Waals surface area contributed by atoms with Crippen molar-refractivity contribution < 1.29 is 14.0 Å². The Bertz CT molecular complexity index is 921. The highest BCUT2D eigenvalue weighted by Crippen LogP contribution is 2.31. The van der Waals surface area contributed by atoms with Crippen LogP contribution < -0.4 is 0 Å². The number of rotatable bonds is 3. The van der Waals surface area contributed by atoms with Gasteiger partial charge in [-0.05, 0) is 23.8 Å². The molecule has 1 aliphatic heterocycles. The van der Waals surface area contributed by atoms with E-state index < -0.39 is 11.9 Å². The second kappa shape index (κ2) is 8.67. The summed E-state index contributed by atoms with van der Waals surface area (Å²) in [6.07, 6.45) is 3.42. The molecule has 28 heavy (non-hydrogen) atoms. The number of aromatic nitrogens is 2. The van der Waals surface area contributed by atoms with E-state index in [1.54, 1.807) is 28.0 Å². The zero-order chi connectivity index (χ0) is 20.3. The number of carbonyl (C=O) groups is 2. The molecule has 3 rings (SSSR count). The van der Waals surface area contributed by atoms with Crippen molar-refractivity contribution in [2.75, 3.05) is 19.6 Å². The van der Waals surface area contributed by atoms with Crippen molar-refractivity contribution in [3.05, 3.63) is 58.6 Å². The molecule has 0 saturated carbocycles. The van der Waals surface area contributed by atoms with Gasteiger partial charge in [0.25, 0.3) is 0 Å². The molecular formula is C19H17Cl2FN4O2. The fraction of sp³-hybridized carbons (Fsp3) is 0.263. The summed E-state index contributed by atoms with van der Waals surface area (Å²) < 4.78 is 13.1. The third-order valence-corrected chi connectivity index (χ3v) is 4.83. The molecule has 0 radical (unpaired) electrons. The normalized spacial score (nSPS) is 17.2. The number of benzene rings is 1. The van der Waals surface area contributed by atoms with Crippen molar-refractivity contribution in [1.29, 1.82) is 0 Å². The van der Waals surface area contributed by atoms with Crippen molar-refractivity contribution in [1.82, 2.24) is 19.8 Å². The summed E-state index contributed by atoms with van der Waals surface area (Å²) in [4.78, 5) is 35.6. The van der Waals surface area contributed by atoms with Gasteiger partial charge in [0.05, 0.1) is 18.4 Å². The number of piperazine rings is 1. The minimum atomic E-state index is -0.539. The Morgan fingerprint density at radius 3 is 2.57 bits per heavy atom. The van der Waals surface area contributed by atoms with Crippen LogP contribution in [0.5, 0.6) is 0 Å². The lowest BCUT2D eigenvalue weighted by Crippen LogP contribution is -2.51. The van der Waals surface area contributed by atoms with Crippen molar-refractivity contribution in [3.8, 4) is 11.4 Å². The van der Waals surface area contributed by atoms with Crippen LogP contribution in [-0.2, 0) is 9.59 Å². The molecule has 1 saturated heterocycles. The number of carbonyl (C=O) groups excluding carboxylic acids is 2. The highest BCUT2D eigenvalue weighted by atomic mass is 35.5. The minimum Gasteiger partial charge on any atom is -0.335 e. The Morgan fingerprint density at radius 2 is 1.93 bits per heavy atom. The molecule has 6 nitrogen and oxygen atoms in total. The summed E-state index contributed by atoms with van der Waals surface area (Å²) in [7, 11) is 0. The van der Waals surface area contributed by atoms with Gasteiger partial charge in [-0.15, -0.1) is 0 Å². The van der Waals surface area contributed by atoms with E-state index in [1.165, 1.54) is 13.0 Å². The molecule has 9 heteroatoms. The predicted octanol–water partition coefficient (Wildman–Crippen LogP) is 3.42. The maximum absolute atomic E-state index is 13.1. The zero-order valence-corrected chi connectivity index (χ0v) is 16.5. The van der Waals surface area contributed by atoms with Crippen LogP contribution in [0, 0.1) is 5.82 Å². The van der Waals surface area contributed by atoms with Crippen molar-refractivity contribution in [3.63, 3.8) is 0 Å². The third kappa shape index (κ3) is 4.48. The smallest absolute Gasteiger partial charge is 0.247 e. The van der Waals surface area contributed by atoms with Crippen LogP contribution in [0.4, 0.5) is 4.39 Å². The van der Waals surface area contributed by atoms with Gasteiger partial charge in [-0.1, -0.05) is 23.2 Å². The van der Waals surface area contributed by atoms with Crippen LogP contribution in [0.15, 0.2) is 42.2 Å². The molecule has 2 amide bonds. The zero-order valence-electron chi connectivity index (χ0n) is 15.0. The van der Waals surface area contributed by atoms with Gasteiger partial charge in [-0.2, -0.15) is 0 Å². The van der Waals surface area contributed by atoms with E-state index in [9.17, 15) is 14.0 Å². The standard InChI is InChI=1S/C19H17Cl2FN4O2/c1-12(27)26-5-4-25(18(28)2-3-20)11-17(26)13-6-14(8-15(21)7-13)19-23-9-16(22)10-24-19/h2-3,6-10,17H,4-5,11H2,1H3/b3-2-/t17-/m0/s1. The first-order valence-electron chi connectivity index (χ1n) is 8.50. The van der Waals surface area contributed by atoms with E-state index in [2.05, 4.69) is 9.97 Å². The molecule has 0 spiro atoms. The van der Waals surface area contributed by atoms with Gasteiger partial charge in [0.2, 0.25) is 11.8 Å². The molecule has 0 aliphatic carbocycles. The summed E-state index contributed by atoms with van der Waals surface area (Å²) in [6, 6.07) is 4.81. The van der Waals surface area contributed by atoms with Gasteiger partial charge < -0.3 is 9.80 Å². The quantitative estimate of drug-likeness (QED) is 0.710. The number of amides is 2. The molecule has 2 heterocycles. The highest BCUT2D eigenvalue weighted by molar-refractivity contribution is 6.31. The summed E-state index contributed by atoms with van der Waals surface area (Å²) in [5.74, 6) is -0.562. The van der Waals surface area contributed by atoms with E-state index in [-0.39, 0.29) is 11.8 Å². The van der Waals surface area contributed by atoms with Crippen LogP contribution in [0.3, 0.4) is 0 Å². The number of hydrogen-bond acceptors (Lipinski definition) is 4. The number of hydrogen-bond donors (Lipinski definition) is 0. The first-order chi connectivity index (χ1) is 13.4. The summed E-state index contributed by atoms with van der Waals surface area (Å²) in [5.41, 5.74) is 2.49. The molecule has 1 fully saturated rings. The van der Waals surface area contributed by atoms with E-state index in [0.29, 0.717) is 36.0 Å². The summed E-state index contributed by atoms with van der Waals surface area (Å²) in [6.45, 7) is 2.57. The molecule has 0 unspecified atom stereocenters. The third-order valence-electron chi connectivity index (χ3n) is 4.49. The highest BCUT2D eigenvalue weighted by Gasteiger charge is 2.32. The van der Waals surface area contributed by atoms with Gasteiger partial charge in [0, 0.05) is 48.8 Å². The Labute approximate surface area is 171 Å². The lowest BCUT2D eigenvalue weighted by molar-refractivity contribution is -0.139. The first-order valence-corrected chi connectivity index (χ1v) is 9.31. The molecule has 1 atom stereocenters. The van der Waals surface area contributed by atoms with Crippen LogP contribution in [0.1, 0.15) is 18.5 Å². The lowest BCUT2D eigenvalue weighted by Gasteiger charge is -2.41. The largest absolute Gasteiger partial charge is 0.335 e. The molecule has 2 aromatic rings.